The van der Waals surface area contributed by atoms with Crippen LogP contribution in [0.2, 0.25) is 0 Å². The summed E-state index contributed by atoms with van der Waals surface area (Å²) in [5.74, 6) is 1.97. The molecule has 2 N–H and O–H groups in total. The first kappa shape index (κ1) is 17.6. The van der Waals surface area contributed by atoms with Gasteiger partial charge in [-0.15, -0.1) is 0 Å². The molecule has 3 heterocycles. The van der Waals surface area contributed by atoms with Gasteiger partial charge in [-0.05, 0) is 53.0 Å². The number of nitrogens with one attached hydrogen (secondary N) is 2. The predicted molar refractivity (Wildman–Crippen MR) is 103 cm³/mol. The topological polar surface area (TPSA) is 66.7 Å². The van der Waals surface area contributed by atoms with Gasteiger partial charge in [0.2, 0.25) is 4.77 Å². The van der Waals surface area contributed by atoms with Crippen LogP contribution in [0.4, 0.5) is 5.82 Å². The third-order valence-electron chi connectivity index (χ3n) is 4.83. The normalized spacial score (nSPS) is 15.1. The van der Waals surface area contributed by atoms with Crippen molar-refractivity contribution in [3.05, 3.63) is 53.4 Å². The van der Waals surface area contributed by atoms with Crippen molar-refractivity contribution in [2.24, 2.45) is 0 Å². The summed E-state index contributed by atoms with van der Waals surface area (Å²) in [6.07, 6.45) is 1.96. The van der Waals surface area contributed by atoms with Crippen LogP contribution in [0.3, 0.4) is 0 Å². The fraction of sp³-hybridized carbons (Fsp3) is 0.333. The average molecular weight is 385 g/mol. The van der Waals surface area contributed by atoms with E-state index in [1.54, 1.807) is 16.5 Å². The van der Waals surface area contributed by atoms with Crippen molar-refractivity contribution in [2.45, 2.75) is 6.67 Å². The van der Waals surface area contributed by atoms with E-state index in [1.807, 2.05) is 36.5 Å². The summed E-state index contributed by atoms with van der Waals surface area (Å²) in [5, 5.41) is 8.48. The Labute approximate surface area is 162 Å². The molecule has 1 saturated heterocycles. The second-order valence-corrected chi connectivity index (χ2v) is 6.88. The Balaban J connectivity index is 1.41. The SMILES string of the molecule is COc1ccc(-n2nnn(C[NH+]3CCN(c4cccc[nH+]4)CC3)c2=S)cc1. The largest absolute Gasteiger partial charge is 0.497 e. The number of anilines is 1. The van der Waals surface area contributed by atoms with E-state index in [2.05, 4.69) is 32.4 Å². The lowest BCUT2D eigenvalue weighted by molar-refractivity contribution is -0.924. The minimum atomic E-state index is 0.603. The van der Waals surface area contributed by atoms with Gasteiger partial charge >= 0.3 is 0 Å². The Morgan fingerprint density at radius 2 is 1.89 bits per heavy atom. The highest BCUT2D eigenvalue weighted by atomic mass is 32.1. The first-order valence-electron chi connectivity index (χ1n) is 8.97. The number of ether oxygens (including phenoxy) is 1. The number of quaternary nitrogens is 1. The third-order valence-corrected chi connectivity index (χ3v) is 5.22. The Hall–Kier alpha value is -2.78. The molecule has 0 saturated carbocycles. The highest BCUT2D eigenvalue weighted by Crippen LogP contribution is 2.14. The van der Waals surface area contributed by atoms with Crippen molar-refractivity contribution in [2.75, 3.05) is 38.2 Å². The van der Waals surface area contributed by atoms with E-state index in [0.29, 0.717) is 4.77 Å². The molecule has 3 aromatic rings. The number of pyridine rings is 1. The molecular formula is C18H23N7OS+2. The van der Waals surface area contributed by atoms with E-state index in [1.165, 1.54) is 10.7 Å². The summed E-state index contributed by atoms with van der Waals surface area (Å²) >= 11 is 5.58. The predicted octanol–water partition coefficient (Wildman–Crippen LogP) is -0.0164. The van der Waals surface area contributed by atoms with Gasteiger partial charge in [0.25, 0.3) is 5.82 Å². The monoisotopic (exact) mass is 385 g/mol. The van der Waals surface area contributed by atoms with Crippen molar-refractivity contribution < 1.29 is 14.6 Å². The van der Waals surface area contributed by atoms with Crippen LogP contribution in [-0.2, 0) is 6.67 Å². The molecule has 1 aliphatic rings. The van der Waals surface area contributed by atoms with Gasteiger partial charge < -0.3 is 9.64 Å². The van der Waals surface area contributed by atoms with Crippen LogP contribution in [0.15, 0.2) is 48.7 Å². The molecule has 2 aromatic heterocycles. The molecule has 0 amide bonds. The summed E-state index contributed by atoms with van der Waals surface area (Å²) in [4.78, 5) is 7.12. The van der Waals surface area contributed by atoms with E-state index >= 15 is 0 Å². The van der Waals surface area contributed by atoms with Crippen LogP contribution in [0, 0.1) is 4.77 Å². The molecule has 0 atom stereocenters. The highest BCUT2D eigenvalue weighted by molar-refractivity contribution is 7.71. The number of aromatic amines is 1. The quantitative estimate of drug-likeness (QED) is 0.626. The lowest BCUT2D eigenvalue weighted by atomic mass is 10.3. The summed E-state index contributed by atoms with van der Waals surface area (Å²) in [6, 6.07) is 13.8. The lowest BCUT2D eigenvalue weighted by Crippen LogP contribution is -3.14. The van der Waals surface area contributed by atoms with E-state index < -0.39 is 0 Å². The maximum absolute atomic E-state index is 5.58. The molecule has 0 spiro atoms. The number of hydrogen-bond acceptors (Lipinski definition) is 5. The molecule has 9 heteroatoms. The molecule has 0 unspecified atom stereocenters. The molecule has 1 aliphatic heterocycles. The Morgan fingerprint density at radius 1 is 1.11 bits per heavy atom. The zero-order valence-electron chi connectivity index (χ0n) is 15.2. The van der Waals surface area contributed by atoms with E-state index in [4.69, 9.17) is 17.0 Å². The number of benzene rings is 1. The minimum Gasteiger partial charge on any atom is -0.497 e. The number of H-pyrrole nitrogens is 1. The van der Waals surface area contributed by atoms with Gasteiger partial charge in [0, 0.05) is 6.07 Å². The Morgan fingerprint density at radius 3 is 2.56 bits per heavy atom. The number of tetrazole rings is 1. The fourth-order valence-electron chi connectivity index (χ4n) is 3.27. The van der Waals surface area contributed by atoms with Crippen molar-refractivity contribution in [3.8, 4) is 11.4 Å². The summed E-state index contributed by atoms with van der Waals surface area (Å²) < 4.78 is 9.29. The third kappa shape index (κ3) is 3.83. The van der Waals surface area contributed by atoms with Crippen LogP contribution in [0.5, 0.6) is 5.75 Å². The Kier molecular flexibility index (Phi) is 5.12. The van der Waals surface area contributed by atoms with Gasteiger partial charge in [0.1, 0.15) is 31.9 Å². The summed E-state index contributed by atoms with van der Waals surface area (Å²) in [5.41, 5.74) is 0.881. The second-order valence-electron chi connectivity index (χ2n) is 6.51. The molecule has 8 nitrogen and oxygen atoms in total. The average Bonchev–Trinajstić information content (AvgIpc) is 3.09. The van der Waals surface area contributed by atoms with Gasteiger partial charge in [-0.25, -0.2) is 4.98 Å². The molecule has 140 valence electrons. The lowest BCUT2D eigenvalue weighted by Gasteiger charge is -2.27. The van der Waals surface area contributed by atoms with Gasteiger partial charge in [0.05, 0.1) is 19.0 Å². The van der Waals surface area contributed by atoms with Crippen molar-refractivity contribution in [1.29, 1.82) is 0 Å². The molecule has 0 bridgehead atoms. The van der Waals surface area contributed by atoms with Crippen LogP contribution < -0.4 is 19.5 Å². The fourth-order valence-corrected chi connectivity index (χ4v) is 3.52. The molecule has 0 aliphatic carbocycles. The molecule has 1 fully saturated rings. The van der Waals surface area contributed by atoms with E-state index in [-0.39, 0.29) is 0 Å². The number of hydrogen-bond donors (Lipinski definition) is 1. The molecule has 0 radical (unpaired) electrons. The van der Waals surface area contributed by atoms with Crippen molar-refractivity contribution >= 4 is 18.0 Å². The highest BCUT2D eigenvalue weighted by Gasteiger charge is 2.26. The minimum absolute atomic E-state index is 0.603. The van der Waals surface area contributed by atoms with Crippen LogP contribution in [-0.4, -0.2) is 53.1 Å². The summed E-state index contributed by atoms with van der Waals surface area (Å²) in [7, 11) is 1.65. The van der Waals surface area contributed by atoms with Crippen LogP contribution in [0.1, 0.15) is 0 Å². The number of methoxy groups -OCH3 is 1. The van der Waals surface area contributed by atoms with Crippen LogP contribution in [0.25, 0.3) is 5.69 Å². The van der Waals surface area contributed by atoms with Gasteiger partial charge in [-0.3, -0.25) is 4.90 Å². The van der Waals surface area contributed by atoms with Gasteiger partial charge in [0.15, 0.2) is 6.67 Å². The zero-order valence-corrected chi connectivity index (χ0v) is 16.0. The maximum atomic E-state index is 5.58. The molecular weight excluding hydrogens is 362 g/mol. The first-order chi connectivity index (χ1) is 13.2. The smallest absolute Gasteiger partial charge is 0.274 e. The maximum Gasteiger partial charge on any atom is 0.274 e. The molecule has 4 rings (SSSR count). The summed E-state index contributed by atoms with van der Waals surface area (Å²) in [6.45, 7) is 4.77. The number of piperazine rings is 1. The van der Waals surface area contributed by atoms with Crippen molar-refractivity contribution in [3.63, 3.8) is 0 Å². The number of nitrogens with zero attached hydrogens (tertiary/aromatic N) is 5. The van der Waals surface area contributed by atoms with E-state index in [0.717, 1.165) is 44.3 Å². The number of rotatable bonds is 5. The first-order valence-corrected chi connectivity index (χ1v) is 9.38. The zero-order chi connectivity index (χ0) is 18.6. The second kappa shape index (κ2) is 7.85. The Bertz CT molecular complexity index is 930. The molecule has 27 heavy (non-hydrogen) atoms. The van der Waals surface area contributed by atoms with E-state index in [9.17, 15) is 0 Å². The number of aromatic nitrogens is 5. The van der Waals surface area contributed by atoms with Gasteiger partial charge in [-0.1, -0.05) is 6.07 Å². The van der Waals surface area contributed by atoms with Crippen LogP contribution >= 0.6 is 12.2 Å². The van der Waals surface area contributed by atoms with Crippen molar-refractivity contribution in [1.82, 2.24) is 19.8 Å². The standard InChI is InChI=1S/C18H21N7OS/c1-26-16-7-5-15(6-8-16)25-18(27)24(20-21-25)14-22-10-12-23(13-11-22)17-4-2-3-9-19-17/h2-9H,10-14H2,1H3/p+2. The van der Waals surface area contributed by atoms with Gasteiger partial charge in [-0.2, -0.15) is 9.36 Å². The molecule has 1 aromatic carbocycles.